The van der Waals surface area contributed by atoms with Crippen molar-refractivity contribution in [2.75, 3.05) is 39.3 Å². The van der Waals surface area contributed by atoms with Crippen molar-refractivity contribution in [1.82, 2.24) is 15.1 Å². The first kappa shape index (κ1) is 13.1. The molecule has 0 aromatic carbocycles. The zero-order valence-electron chi connectivity index (χ0n) is 10.7. The van der Waals surface area contributed by atoms with Crippen molar-refractivity contribution in [3.8, 4) is 0 Å². The zero-order chi connectivity index (χ0) is 12.5. The average Bonchev–Trinajstić information content (AvgIpc) is 2.83. The largest absolute Gasteiger partial charge is 0.309 e. The van der Waals surface area contributed by atoms with Crippen LogP contribution in [0.2, 0.25) is 0 Å². The molecule has 4 heterocycles. The van der Waals surface area contributed by atoms with Gasteiger partial charge in [-0.3, -0.25) is 9.80 Å². The van der Waals surface area contributed by atoms with Gasteiger partial charge < -0.3 is 5.32 Å². The van der Waals surface area contributed by atoms with Crippen molar-refractivity contribution in [3.63, 3.8) is 0 Å². The quantitative estimate of drug-likeness (QED) is 0.913. The number of likely N-dealkylation sites (N-methyl/N-ethyl adjacent to an activating group) is 1. The molecule has 1 aromatic heterocycles. The molecule has 0 aliphatic carbocycles. The van der Waals surface area contributed by atoms with Crippen LogP contribution in [0, 0.1) is 0 Å². The van der Waals surface area contributed by atoms with Crippen molar-refractivity contribution in [1.29, 1.82) is 0 Å². The predicted molar refractivity (Wildman–Crippen MR) is 80.2 cm³/mol. The smallest absolute Gasteiger partial charge is 0.0510 e. The third-order valence-electron chi connectivity index (χ3n) is 4.11. The van der Waals surface area contributed by atoms with E-state index in [2.05, 4.69) is 48.7 Å². The zero-order valence-corrected chi connectivity index (χ0v) is 13.1. The minimum absolute atomic E-state index is 0.457. The Hall–Kier alpha value is 0.0600. The van der Waals surface area contributed by atoms with E-state index in [1.807, 2.05) is 0 Å². The van der Waals surface area contributed by atoms with Crippen LogP contribution in [0.3, 0.4) is 0 Å². The first-order chi connectivity index (χ1) is 8.79. The van der Waals surface area contributed by atoms with E-state index in [0.29, 0.717) is 12.1 Å². The van der Waals surface area contributed by atoms with Crippen molar-refractivity contribution in [3.05, 3.63) is 20.8 Å². The van der Waals surface area contributed by atoms with Gasteiger partial charge >= 0.3 is 0 Å². The van der Waals surface area contributed by atoms with E-state index in [9.17, 15) is 0 Å². The number of nitrogens with one attached hydrogen (secondary N) is 1. The number of nitrogens with zero attached hydrogens (tertiary/aromatic N) is 2. The normalized spacial score (nSPS) is 32.7. The van der Waals surface area contributed by atoms with Crippen molar-refractivity contribution in [2.45, 2.75) is 19.0 Å². The number of hydrogen-bond acceptors (Lipinski definition) is 4. The highest BCUT2D eigenvalue weighted by Crippen LogP contribution is 2.33. The highest BCUT2D eigenvalue weighted by Gasteiger charge is 2.37. The molecule has 1 aromatic rings. The third-order valence-corrected chi connectivity index (χ3v) is 5.86. The Balaban J connectivity index is 1.84. The molecule has 100 valence electrons. The van der Waals surface area contributed by atoms with Gasteiger partial charge in [0.05, 0.1) is 6.04 Å². The first-order valence-electron chi connectivity index (χ1n) is 6.71. The predicted octanol–water partition coefficient (Wildman–Crippen LogP) is 2.16. The number of halogens is 1. The minimum Gasteiger partial charge on any atom is -0.309 e. The second kappa shape index (κ2) is 5.59. The van der Waals surface area contributed by atoms with Gasteiger partial charge in [-0.1, -0.05) is 6.92 Å². The summed E-state index contributed by atoms with van der Waals surface area (Å²) in [4.78, 5) is 5.27. The summed E-state index contributed by atoms with van der Waals surface area (Å²) in [6.07, 6.45) is 0. The lowest BCUT2D eigenvalue weighted by Gasteiger charge is -2.50. The van der Waals surface area contributed by atoms with Crippen molar-refractivity contribution < 1.29 is 0 Å². The Morgan fingerprint density at radius 3 is 2.67 bits per heavy atom. The molecule has 0 spiro atoms. The molecule has 2 unspecified atom stereocenters. The number of piperazine rings is 3. The fourth-order valence-corrected chi connectivity index (χ4v) is 4.74. The van der Waals surface area contributed by atoms with Crippen LogP contribution in [0.5, 0.6) is 0 Å². The van der Waals surface area contributed by atoms with E-state index >= 15 is 0 Å². The standard InChI is InChI=1S/C13H20BrN3S/c1-2-15-13(10-8-18-9-11(10)14)12-7-16-3-5-17(12)6-4-16/h8-9,12-13,15H,2-7H2,1H3. The summed E-state index contributed by atoms with van der Waals surface area (Å²) in [5.74, 6) is 0. The van der Waals surface area contributed by atoms with Gasteiger partial charge in [0.15, 0.2) is 0 Å². The van der Waals surface area contributed by atoms with Gasteiger partial charge in [0.25, 0.3) is 0 Å². The third kappa shape index (κ3) is 2.39. The summed E-state index contributed by atoms with van der Waals surface area (Å²) in [6, 6.07) is 1.08. The molecule has 18 heavy (non-hydrogen) atoms. The van der Waals surface area contributed by atoms with Crippen LogP contribution >= 0.6 is 27.3 Å². The van der Waals surface area contributed by atoms with Gasteiger partial charge in [0.1, 0.15) is 0 Å². The Morgan fingerprint density at radius 2 is 2.17 bits per heavy atom. The second-order valence-corrected chi connectivity index (χ2v) is 6.71. The lowest BCUT2D eigenvalue weighted by atomic mass is 9.95. The summed E-state index contributed by atoms with van der Waals surface area (Å²) in [5, 5.41) is 8.17. The molecule has 0 radical (unpaired) electrons. The molecule has 3 aliphatic rings. The van der Waals surface area contributed by atoms with E-state index < -0.39 is 0 Å². The lowest BCUT2D eigenvalue weighted by Crippen LogP contribution is -2.63. The molecule has 5 heteroatoms. The number of hydrogen-bond donors (Lipinski definition) is 1. The number of thiophene rings is 1. The van der Waals surface area contributed by atoms with Crippen LogP contribution in [0.25, 0.3) is 0 Å². The van der Waals surface area contributed by atoms with Gasteiger partial charge in [-0.2, -0.15) is 11.3 Å². The molecule has 3 aliphatic heterocycles. The first-order valence-corrected chi connectivity index (χ1v) is 8.44. The van der Waals surface area contributed by atoms with Crippen LogP contribution in [-0.4, -0.2) is 55.1 Å². The summed E-state index contributed by atoms with van der Waals surface area (Å²) in [7, 11) is 0. The van der Waals surface area contributed by atoms with Crippen molar-refractivity contribution in [2.24, 2.45) is 0 Å². The maximum Gasteiger partial charge on any atom is 0.0510 e. The highest BCUT2D eigenvalue weighted by molar-refractivity contribution is 9.10. The Labute approximate surface area is 121 Å². The van der Waals surface area contributed by atoms with Crippen LogP contribution in [-0.2, 0) is 0 Å². The Kier molecular flexibility index (Phi) is 4.06. The lowest BCUT2D eigenvalue weighted by molar-refractivity contribution is -0.00346. The van der Waals surface area contributed by atoms with E-state index in [1.165, 1.54) is 42.8 Å². The van der Waals surface area contributed by atoms with Crippen LogP contribution in [0.4, 0.5) is 0 Å². The molecule has 3 fully saturated rings. The Morgan fingerprint density at radius 1 is 1.39 bits per heavy atom. The van der Waals surface area contributed by atoms with Crippen LogP contribution in [0.1, 0.15) is 18.5 Å². The van der Waals surface area contributed by atoms with Gasteiger partial charge in [0, 0.05) is 48.6 Å². The minimum atomic E-state index is 0.457. The van der Waals surface area contributed by atoms with Gasteiger partial charge in [0.2, 0.25) is 0 Å². The van der Waals surface area contributed by atoms with Gasteiger partial charge in [-0.25, -0.2) is 0 Å². The number of rotatable bonds is 4. The summed E-state index contributed by atoms with van der Waals surface area (Å²) < 4.78 is 1.26. The van der Waals surface area contributed by atoms with E-state index in [1.54, 1.807) is 11.3 Å². The fourth-order valence-electron chi connectivity index (χ4n) is 3.16. The SMILES string of the molecule is CCNC(c1cscc1Br)C1CN2CCN1CC2. The summed E-state index contributed by atoms with van der Waals surface area (Å²) in [6.45, 7) is 9.39. The van der Waals surface area contributed by atoms with E-state index in [-0.39, 0.29) is 0 Å². The topological polar surface area (TPSA) is 18.5 Å². The second-order valence-electron chi connectivity index (χ2n) is 5.11. The van der Waals surface area contributed by atoms with Crippen LogP contribution in [0.15, 0.2) is 15.2 Å². The fraction of sp³-hybridized carbons (Fsp3) is 0.692. The highest BCUT2D eigenvalue weighted by atomic mass is 79.9. The Bertz CT molecular complexity index is 401. The molecule has 2 atom stereocenters. The molecule has 3 nitrogen and oxygen atoms in total. The molecule has 3 saturated heterocycles. The maximum atomic E-state index is 3.69. The molecular weight excluding hydrogens is 310 g/mol. The maximum absolute atomic E-state index is 3.69. The van der Waals surface area contributed by atoms with E-state index in [0.717, 1.165) is 6.54 Å². The average molecular weight is 330 g/mol. The van der Waals surface area contributed by atoms with Gasteiger partial charge in [-0.15, -0.1) is 0 Å². The molecule has 0 saturated carbocycles. The summed E-state index contributed by atoms with van der Waals surface area (Å²) in [5.41, 5.74) is 1.43. The van der Waals surface area contributed by atoms with Crippen LogP contribution < -0.4 is 5.32 Å². The molecule has 2 bridgehead atoms. The molecule has 0 amide bonds. The van der Waals surface area contributed by atoms with E-state index in [4.69, 9.17) is 0 Å². The van der Waals surface area contributed by atoms with Crippen molar-refractivity contribution >= 4 is 27.3 Å². The molecule has 1 N–H and O–H groups in total. The molecule has 4 rings (SSSR count). The number of fused-ring (bicyclic) bond motifs is 3. The monoisotopic (exact) mass is 329 g/mol. The molecular formula is C13H20BrN3S. The van der Waals surface area contributed by atoms with Gasteiger partial charge in [-0.05, 0) is 33.4 Å². The summed E-state index contributed by atoms with van der Waals surface area (Å²) >= 11 is 5.48.